The predicted octanol–water partition coefficient (Wildman–Crippen LogP) is 7.79. The fourth-order valence-electron chi connectivity index (χ4n) is 6.56. The summed E-state index contributed by atoms with van der Waals surface area (Å²) in [6.07, 6.45) is 3.24. The van der Waals surface area contributed by atoms with Crippen LogP contribution in [0.5, 0.6) is 5.75 Å². The molecule has 0 aromatic heterocycles. The van der Waals surface area contributed by atoms with Crippen molar-refractivity contribution in [3.8, 4) is 16.9 Å². The highest BCUT2D eigenvalue weighted by molar-refractivity contribution is 5.75. The standard InChI is InChI=1S/C33H37FO4/c1-20-6-11-29(34)25(16-20)24-10-7-21(17-26(24)30(37-5)32(2,3)4)19-38-23-9-8-22-12-14-33(28(22)18-23)15-13-27(33)31(35)36/h6-11,16-18,27,30H,12-15,19H2,1-5H3,(H,35,36)/t27-,30+,33+/m1/s1. The molecule has 5 heteroatoms. The number of halogens is 1. The summed E-state index contributed by atoms with van der Waals surface area (Å²) in [5.74, 6) is -0.512. The lowest BCUT2D eigenvalue weighted by molar-refractivity contribution is -0.149. The molecule has 200 valence electrons. The van der Waals surface area contributed by atoms with E-state index in [1.165, 1.54) is 11.6 Å². The average Bonchev–Trinajstić information content (AvgIpc) is 3.24. The molecule has 2 aliphatic carbocycles. The van der Waals surface area contributed by atoms with E-state index in [0.29, 0.717) is 12.2 Å². The van der Waals surface area contributed by atoms with Gasteiger partial charge >= 0.3 is 5.97 Å². The van der Waals surface area contributed by atoms with Gasteiger partial charge in [-0.3, -0.25) is 4.79 Å². The molecule has 0 radical (unpaired) electrons. The van der Waals surface area contributed by atoms with Gasteiger partial charge in [-0.25, -0.2) is 4.39 Å². The van der Waals surface area contributed by atoms with Gasteiger partial charge in [0.2, 0.25) is 0 Å². The summed E-state index contributed by atoms with van der Waals surface area (Å²) >= 11 is 0. The van der Waals surface area contributed by atoms with Crippen molar-refractivity contribution in [1.29, 1.82) is 0 Å². The second-order valence-electron chi connectivity index (χ2n) is 12.1. The molecule has 5 rings (SSSR count). The maximum atomic E-state index is 15.0. The van der Waals surface area contributed by atoms with Crippen molar-refractivity contribution in [3.05, 3.63) is 88.2 Å². The van der Waals surface area contributed by atoms with Gasteiger partial charge in [0.1, 0.15) is 18.2 Å². The van der Waals surface area contributed by atoms with Gasteiger partial charge in [-0.05, 0) is 96.2 Å². The summed E-state index contributed by atoms with van der Waals surface area (Å²) in [7, 11) is 1.70. The highest BCUT2D eigenvalue weighted by atomic mass is 19.1. The number of hydrogen-bond acceptors (Lipinski definition) is 3. The summed E-state index contributed by atoms with van der Waals surface area (Å²) in [5.41, 5.74) is 6.21. The molecule has 0 amide bonds. The van der Waals surface area contributed by atoms with Gasteiger partial charge in [-0.15, -0.1) is 0 Å². The van der Waals surface area contributed by atoms with E-state index >= 15 is 0 Å². The third kappa shape index (κ3) is 4.62. The smallest absolute Gasteiger partial charge is 0.307 e. The average molecular weight is 517 g/mol. The van der Waals surface area contributed by atoms with Gasteiger partial charge in [-0.2, -0.15) is 0 Å². The number of benzene rings is 3. The SMILES string of the molecule is CO[C@@H](c1cc(COc2ccc3c(c2)[C@@]2(CC3)CC[C@@H]2C(=O)O)ccc1-c1cc(C)ccc1F)C(C)(C)C. The van der Waals surface area contributed by atoms with E-state index in [9.17, 15) is 14.3 Å². The number of aryl methyl sites for hydroxylation is 2. The Balaban J connectivity index is 1.45. The third-order valence-electron chi connectivity index (χ3n) is 8.54. The van der Waals surface area contributed by atoms with Gasteiger partial charge < -0.3 is 14.6 Å². The number of carboxylic acid groups (broad SMARTS) is 1. The summed E-state index contributed by atoms with van der Waals surface area (Å²) < 4.78 is 27.2. The minimum atomic E-state index is -0.695. The molecular weight excluding hydrogens is 479 g/mol. The first-order valence-electron chi connectivity index (χ1n) is 13.4. The van der Waals surface area contributed by atoms with Crippen LogP contribution in [0, 0.1) is 24.1 Å². The highest BCUT2D eigenvalue weighted by Crippen LogP contribution is 2.57. The van der Waals surface area contributed by atoms with E-state index < -0.39 is 5.97 Å². The Morgan fingerprint density at radius 3 is 2.53 bits per heavy atom. The third-order valence-corrected chi connectivity index (χ3v) is 8.54. The maximum absolute atomic E-state index is 15.0. The molecular formula is C33H37FO4. The molecule has 4 nitrogen and oxygen atoms in total. The van der Waals surface area contributed by atoms with Gasteiger partial charge in [0.05, 0.1) is 12.0 Å². The van der Waals surface area contributed by atoms with Gasteiger partial charge in [0.15, 0.2) is 0 Å². The first-order chi connectivity index (χ1) is 18.0. The molecule has 1 spiro atoms. The van der Waals surface area contributed by atoms with Crippen LogP contribution in [0.4, 0.5) is 4.39 Å². The number of aliphatic carboxylic acids is 1. The van der Waals surface area contributed by atoms with Crippen molar-refractivity contribution in [3.63, 3.8) is 0 Å². The Kier molecular flexibility index (Phi) is 6.85. The van der Waals surface area contributed by atoms with Gasteiger partial charge in [0, 0.05) is 18.1 Å². The zero-order valence-electron chi connectivity index (χ0n) is 22.9. The topological polar surface area (TPSA) is 55.8 Å². The molecule has 3 aromatic rings. The molecule has 0 bridgehead atoms. The molecule has 2 aliphatic rings. The number of hydrogen-bond donors (Lipinski definition) is 1. The molecule has 0 unspecified atom stereocenters. The number of carbonyl (C=O) groups is 1. The Morgan fingerprint density at radius 1 is 1.08 bits per heavy atom. The lowest BCUT2D eigenvalue weighted by Gasteiger charge is -2.45. The molecule has 38 heavy (non-hydrogen) atoms. The van der Waals surface area contributed by atoms with Crippen molar-refractivity contribution >= 4 is 5.97 Å². The first-order valence-corrected chi connectivity index (χ1v) is 13.4. The number of carboxylic acids is 1. The van der Waals surface area contributed by atoms with Crippen LogP contribution in [0.1, 0.15) is 74.0 Å². The van der Waals surface area contributed by atoms with E-state index in [2.05, 4.69) is 39.0 Å². The van der Waals surface area contributed by atoms with Crippen LogP contribution in [-0.2, 0) is 28.0 Å². The lowest BCUT2D eigenvalue weighted by Crippen LogP contribution is -2.46. The normalized spacial score (nSPS) is 21.2. The highest BCUT2D eigenvalue weighted by Gasteiger charge is 2.54. The van der Waals surface area contributed by atoms with Crippen LogP contribution >= 0.6 is 0 Å². The van der Waals surface area contributed by atoms with Crippen LogP contribution in [0.15, 0.2) is 54.6 Å². The maximum Gasteiger partial charge on any atom is 0.307 e. The quantitative estimate of drug-likeness (QED) is 0.348. The van der Waals surface area contributed by atoms with E-state index in [4.69, 9.17) is 9.47 Å². The molecule has 0 aliphatic heterocycles. The van der Waals surface area contributed by atoms with Gasteiger partial charge in [0.25, 0.3) is 0 Å². The number of methoxy groups -OCH3 is 1. The van der Waals surface area contributed by atoms with Crippen LogP contribution in [0.25, 0.3) is 11.1 Å². The summed E-state index contributed by atoms with van der Waals surface area (Å²) in [6, 6.07) is 17.3. The molecule has 3 aromatic carbocycles. The van der Waals surface area contributed by atoms with Crippen LogP contribution in [-0.4, -0.2) is 18.2 Å². The molecule has 1 fully saturated rings. The number of fused-ring (bicyclic) bond motifs is 2. The van der Waals surface area contributed by atoms with Crippen molar-refractivity contribution < 1.29 is 23.8 Å². The predicted molar refractivity (Wildman–Crippen MR) is 147 cm³/mol. The number of rotatable bonds is 7. The Morgan fingerprint density at radius 2 is 1.87 bits per heavy atom. The minimum absolute atomic E-state index is 0.207. The largest absolute Gasteiger partial charge is 0.489 e. The zero-order valence-corrected chi connectivity index (χ0v) is 22.9. The van der Waals surface area contributed by atoms with Crippen molar-refractivity contribution in [2.45, 2.75) is 71.5 Å². The van der Waals surface area contributed by atoms with Crippen LogP contribution in [0.2, 0.25) is 0 Å². The van der Waals surface area contributed by atoms with Crippen molar-refractivity contribution in [2.24, 2.45) is 11.3 Å². The first kappa shape index (κ1) is 26.4. The summed E-state index contributed by atoms with van der Waals surface area (Å²) in [6.45, 7) is 8.66. The monoisotopic (exact) mass is 516 g/mol. The van der Waals surface area contributed by atoms with Crippen LogP contribution in [0.3, 0.4) is 0 Å². The van der Waals surface area contributed by atoms with Crippen molar-refractivity contribution in [2.75, 3.05) is 7.11 Å². The van der Waals surface area contributed by atoms with Crippen LogP contribution < -0.4 is 4.74 Å². The fourth-order valence-corrected chi connectivity index (χ4v) is 6.56. The van der Waals surface area contributed by atoms with E-state index in [1.54, 1.807) is 13.2 Å². The van der Waals surface area contributed by atoms with E-state index in [0.717, 1.165) is 59.3 Å². The summed E-state index contributed by atoms with van der Waals surface area (Å²) in [4.78, 5) is 11.8. The molecule has 1 saturated carbocycles. The van der Waals surface area contributed by atoms with Crippen molar-refractivity contribution in [1.82, 2.24) is 0 Å². The molecule has 3 atom stereocenters. The Hall–Kier alpha value is -3.18. The van der Waals surface area contributed by atoms with E-state index in [1.807, 2.05) is 31.2 Å². The molecule has 1 N–H and O–H groups in total. The Bertz CT molecular complexity index is 1370. The molecule has 0 heterocycles. The second-order valence-corrected chi connectivity index (χ2v) is 12.1. The second kappa shape index (κ2) is 9.85. The fraction of sp³-hybridized carbons (Fsp3) is 0.424. The number of ether oxygens (including phenoxy) is 2. The zero-order chi connectivity index (χ0) is 27.2. The summed E-state index contributed by atoms with van der Waals surface area (Å²) in [5, 5.41) is 9.73. The lowest BCUT2D eigenvalue weighted by atomic mass is 9.57. The molecule has 0 saturated heterocycles. The minimum Gasteiger partial charge on any atom is -0.489 e. The van der Waals surface area contributed by atoms with E-state index in [-0.39, 0.29) is 28.7 Å². The Labute approximate surface area is 224 Å². The van der Waals surface area contributed by atoms with Gasteiger partial charge in [-0.1, -0.05) is 50.6 Å².